The number of rotatable bonds is 5. The van der Waals surface area contributed by atoms with Gasteiger partial charge in [-0.1, -0.05) is 6.92 Å². The van der Waals surface area contributed by atoms with Gasteiger partial charge in [0.15, 0.2) is 0 Å². The Labute approximate surface area is 76.2 Å². The van der Waals surface area contributed by atoms with Crippen LogP contribution in [0.5, 0.6) is 0 Å². The second-order valence-corrected chi connectivity index (χ2v) is 4.67. The minimum Gasteiger partial charge on any atom is -0.331 e. The van der Waals surface area contributed by atoms with Crippen molar-refractivity contribution in [3.8, 4) is 0 Å². The van der Waals surface area contributed by atoms with Crippen LogP contribution in [0.4, 0.5) is 0 Å². The highest BCUT2D eigenvalue weighted by atomic mass is 16.1. The van der Waals surface area contributed by atoms with Gasteiger partial charge in [0.2, 0.25) is 0 Å². The lowest BCUT2D eigenvalue weighted by atomic mass is 10.0. The highest BCUT2D eigenvalue weighted by Crippen LogP contribution is 2.08. The zero-order valence-corrected chi connectivity index (χ0v) is 9.05. The Bertz CT molecular complexity index is 146. The van der Waals surface area contributed by atoms with Crippen molar-refractivity contribution in [1.29, 1.82) is 0 Å². The lowest BCUT2D eigenvalue weighted by molar-refractivity contribution is -0.870. The second kappa shape index (κ2) is 4.61. The molecule has 0 radical (unpaired) electrons. The Morgan fingerprint density at radius 3 is 2.17 bits per heavy atom. The zero-order chi connectivity index (χ0) is 9.78. The van der Waals surface area contributed by atoms with Crippen LogP contribution >= 0.6 is 0 Å². The van der Waals surface area contributed by atoms with Gasteiger partial charge in [-0.25, -0.2) is 0 Å². The van der Waals surface area contributed by atoms with Gasteiger partial charge in [-0.2, -0.15) is 0 Å². The summed E-state index contributed by atoms with van der Waals surface area (Å²) in [5.41, 5.74) is 0. The Morgan fingerprint density at radius 2 is 1.83 bits per heavy atom. The summed E-state index contributed by atoms with van der Waals surface area (Å²) in [5, 5.41) is 0. The molecular formula is C10H22NO+. The lowest BCUT2D eigenvalue weighted by Gasteiger charge is -2.24. The molecule has 0 bridgehead atoms. The largest absolute Gasteiger partial charge is 0.331 e. The summed E-state index contributed by atoms with van der Waals surface area (Å²) >= 11 is 0. The van der Waals surface area contributed by atoms with E-state index in [0.717, 1.165) is 23.9 Å². The normalized spacial score (nSPS) is 14.4. The summed E-state index contributed by atoms with van der Waals surface area (Å²) in [7, 11) is 6.54. The molecule has 0 aromatic carbocycles. The minimum atomic E-state index is 0.247. The zero-order valence-electron chi connectivity index (χ0n) is 9.05. The number of carbonyl (C=O) groups excluding carboxylic acids is 1. The van der Waals surface area contributed by atoms with E-state index in [1.165, 1.54) is 0 Å². The van der Waals surface area contributed by atoms with Gasteiger partial charge in [0, 0.05) is 5.92 Å². The van der Waals surface area contributed by atoms with Crippen molar-refractivity contribution in [2.45, 2.75) is 26.7 Å². The van der Waals surface area contributed by atoms with Gasteiger partial charge in [-0.3, -0.25) is 4.79 Å². The van der Waals surface area contributed by atoms with Crippen LogP contribution in [0.3, 0.4) is 0 Å². The van der Waals surface area contributed by atoms with E-state index in [1.54, 1.807) is 6.92 Å². The maximum absolute atomic E-state index is 10.9. The molecule has 1 unspecified atom stereocenters. The first-order valence-corrected chi connectivity index (χ1v) is 4.64. The fraction of sp³-hybridized carbons (Fsp3) is 0.900. The molecule has 0 heterocycles. The molecule has 0 aromatic heterocycles. The topological polar surface area (TPSA) is 17.1 Å². The van der Waals surface area contributed by atoms with Crippen LogP contribution in [0.2, 0.25) is 0 Å². The Morgan fingerprint density at radius 1 is 1.33 bits per heavy atom. The molecule has 2 nitrogen and oxygen atoms in total. The van der Waals surface area contributed by atoms with Gasteiger partial charge < -0.3 is 4.48 Å². The molecule has 72 valence electrons. The predicted molar refractivity (Wildman–Crippen MR) is 52.0 cm³/mol. The average Bonchev–Trinajstić information content (AvgIpc) is 1.84. The van der Waals surface area contributed by atoms with Gasteiger partial charge in [-0.05, 0) is 19.8 Å². The van der Waals surface area contributed by atoms with Gasteiger partial charge in [-0.15, -0.1) is 0 Å². The summed E-state index contributed by atoms with van der Waals surface area (Å²) in [6, 6.07) is 0. The first-order valence-electron chi connectivity index (χ1n) is 4.64. The van der Waals surface area contributed by atoms with Gasteiger partial charge in [0.25, 0.3) is 0 Å². The van der Waals surface area contributed by atoms with E-state index >= 15 is 0 Å². The first-order chi connectivity index (χ1) is 5.33. The summed E-state index contributed by atoms with van der Waals surface area (Å²) in [6.07, 6.45) is 2.18. The number of Topliss-reactive ketones (excluding diaryl/α,β-unsaturated/α-hetero) is 1. The summed E-state index contributed by atoms with van der Waals surface area (Å²) in [6.45, 7) is 4.84. The number of hydrogen-bond acceptors (Lipinski definition) is 1. The van der Waals surface area contributed by atoms with Crippen molar-refractivity contribution in [3.63, 3.8) is 0 Å². The molecule has 0 aliphatic carbocycles. The molecular weight excluding hydrogens is 150 g/mol. The van der Waals surface area contributed by atoms with Crippen LogP contribution < -0.4 is 0 Å². The second-order valence-electron chi connectivity index (χ2n) is 4.67. The lowest BCUT2D eigenvalue weighted by Crippen LogP contribution is -2.35. The van der Waals surface area contributed by atoms with Crippen molar-refractivity contribution in [1.82, 2.24) is 0 Å². The monoisotopic (exact) mass is 172 g/mol. The van der Waals surface area contributed by atoms with Crippen LogP contribution in [-0.2, 0) is 4.79 Å². The summed E-state index contributed by atoms with van der Waals surface area (Å²) in [4.78, 5) is 10.9. The first kappa shape index (κ1) is 11.6. The molecule has 0 aliphatic rings. The van der Waals surface area contributed by atoms with Gasteiger partial charge >= 0.3 is 0 Å². The molecule has 0 spiro atoms. The molecule has 0 aliphatic heterocycles. The Kier molecular flexibility index (Phi) is 4.46. The minimum absolute atomic E-state index is 0.247. The number of hydrogen-bond donors (Lipinski definition) is 0. The van der Waals surface area contributed by atoms with E-state index in [4.69, 9.17) is 0 Å². The Balaban J connectivity index is 3.51. The van der Waals surface area contributed by atoms with Crippen molar-refractivity contribution >= 4 is 5.78 Å². The smallest absolute Gasteiger partial charge is 0.132 e. The molecule has 0 amide bonds. The SMILES string of the molecule is CC(=O)C(C)CCC[N+](C)(C)C. The molecule has 2 heteroatoms. The molecule has 1 atom stereocenters. The standard InChI is InChI=1S/C10H22NO/c1-9(10(2)12)7-6-8-11(3,4)5/h9H,6-8H2,1-5H3/q+1. The highest BCUT2D eigenvalue weighted by Gasteiger charge is 2.10. The predicted octanol–water partition coefficient (Wildman–Crippen LogP) is 1.70. The number of ketones is 1. The average molecular weight is 172 g/mol. The third-order valence-electron chi connectivity index (χ3n) is 2.16. The van der Waals surface area contributed by atoms with E-state index in [-0.39, 0.29) is 5.92 Å². The van der Waals surface area contributed by atoms with Crippen molar-refractivity contribution in [2.75, 3.05) is 27.7 Å². The third-order valence-corrected chi connectivity index (χ3v) is 2.16. The molecule has 0 rings (SSSR count). The van der Waals surface area contributed by atoms with E-state index in [9.17, 15) is 4.79 Å². The molecule has 0 saturated carbocycles. The fourth-order valence-electron chi connectivity index (χ4n) is 1.08. The third kappa shape index (κ3) is 6.35. The maximum atomic E-state index is 10.9. The van der Waals surface area contributed by atoms with Crippen LogP contribution in [0.25, 0.3) is 0 Å². The molecule has 12 heavy (non-hydrogen) atoms. The fourth-order valence-corrected chi connectivity index (χ4v) is 1.08. The van der Waals surface area contributed by atoms with Crippen LogP contribution in [-0.4, -0.2) is 38.0 Å². The van der Waals surface area contributed by atoms with Gasteiger partial charge in [0.1, 0.15) is 5.78 Å². The van der Waals surface area contributed by atoms with E-state index in [0.29, 0.717) is 5.78 Å². The molecule has 0 fully saturated rings. The molecule has 0 saturated heterocycles. The van der Waals surface area contributed by atoms with Crippen molar-refractivity contribution in [2.24, 2.45) is 5.92 Å². The van der Waals surface area contributed by atoms with Crippen molar-refractivity contribution in [3.05, 3.63) is 0 Å². The summed E-state index contributed by atoms with van der Waals surface area (Å²) < 4.78 is 0.991. The maximum Gasteiger partial charge on any atom is 0.132 e. The van der Waals surface area contributed by atoms with E-state index in [2.05, 4.69) is 21.1 Å². The van der Waals surface area contributed by atoms with Crippen LogP contribution in [0.1, 0.15) is 26.7 Å². The molecule has 0 aromatic rings. The van der Waals surface area contributed by atoms with Crippen LogP contribution in [0, 0.1) is 5.92 Å². The number of carbonyl (C=O) groups is 1. The van der Waals surface area contributed by atoms with Gasteiger partial charge in [0.05, 0.1) is 27.7 Å². The van der Waals surface area contributed by atoms with Crippen molar-refractivity contribution < 1.29 is 9.28 Å². The number of quaternary nitrogens is 1. The highest BCUT2D eigenvalue weighted by molar-refractivity contribution is 5.77. The van der Waals surface area contributed by atoms with E-state index in [1.807, 2.05) is 6.92 Å². The Hall–Kier alpha value is -0.370. The number of nitrogens with zero attached hydrogens (tertiary/aromatic N) is 1. The quantitative estimate of drug-likeness (QED) is 0.577. The summed E-state index contributed by atoms with van der Waals surface area (Å²) in [5.74, 6) is 0.563. The van der Waals surface area contributed by atoms with E-state index < -0.39 is 0 Å². The van der Waals surface area contributed by atoms with Crippen LogP contribution in [0.15, 0.2) is 0 Å². The molecule has 0 N–H and O–H groups in total.